The van der Waals surface area contributed by atoms with E-state index in [2.05, 4.69) is 10.2 Å². The number of aryl methyl sites for hydroxylation is 1. The first kappa shape index (κ1) is 15.4. The molecule has 0 unspecified atom stereocenters. The highest BCUT2D eigenvalue weighted by Gasteiger charge is 2.33. The number of ether oxygens (including phenoxy) is 1. The maximum atomic E-state index is 12.6. The summed E-state index contributed by atoms with van der Waals surface area (Å²) in [5, 5.41) is 6.69. The van der Waals surface area contributed by atoms with Gasteiger partial charge >= 0.3 is 0 Å². The molecule has 1 saturated heterocycles. The topological polar surface area (TPSA) is 101 Å². The number of aromatic nitrogens is 2. The summed E-state index contributed by atoms with van der Waals surface area (Å²) in [4.78, 5) is 0. The van der Waals surface area contributed by atoms with Crippen LogP contribution in [0.3, 0.4) is 0 Å². The van der Waals surface area contributed by atoms with Crippen molar-refractivity contribution in [3.63, 3.8) is 0 Å². The van der Waals surface area contributed by atoms with E-state index in [0.29, 0.717) is 43.8 Å². The Hall–Kier alpha value is -0.960. The zero-order valence-electron chi connectivity index (χ0n) is 11.9. The second kappa shape index (κ2) is 6.21. The van der Waals surface area contributed by atoms with E-state index in [4.69, 9.17) is 10.5 Å². The average Bonchev–Trinajstić information content (AvgIpc) is 2.81. The van der Waals surface area contributed by atoms with Crippen LogP contribution in [0, 0.1) is 6.92 Å². The zero-order valence-corrected chi connectivity index (χ0v) is 12.7. The first-order valence-corrected chi connectivity index (χ1v) is 8.30. The molecule has 0 aliphatic carbocycles. The summed E-state index contributed by atoms with van der Waals surface area (Å²) in [5.74, 6) is 0. The minimum Gasteiger partial charge on any atom is -0.378 e. The molecule has 0 spiro atoms. The number of H-pyrrole nitrogens is 1. The fraction of sp³-hybridized carbons (Fsp3) is 0.750. The fourth-order valence-corrected chi connectivity index (χ4v) is 4.13. The Morgan fingerprint density at radius 3 is 2.65 bits per heavy atom. The average molecular weight is 302 g/mol. The molecule has 20 heavy (non-hydrogen) atoms. The van der Waals surface area contributed by atoms with E-state index in [9.17, 15) is 8.42 Å². The van der Waals surface area contributed by atoms with Crippen LogP contribution in [0.25, 0.3) is 0 Å². The van der Waals surface area contributed by atoms with Gasteiger partial charge in [0.25, 0.3) is 10.0 Å². The van der Waals surface area contributed by atoms with Crippen LogP contribution in [0.2, 0.25) is 0 Å². The summed E-state index contributed by atoms with van der Waals surface area (Å²) in [6, 6.07) is 0. The lowest BCUT2D eigenvalue weighted by Gasteiger charge is -2.30. The molecule has 0 amide bonds. The molecule has 1 aromatic heterocycles. The third-order valence-electron chi connectivity index (χ3n) is 3.63. The van der Waals surface area contributed by atoms with E-state index < -0.39 is 10.0 Å². The number of rotatable bonds is 5. The van der Waals surface area contributed by atoms with Gasteiger partial charge in [-0.25, -0.2) is 8.42 Å². The van der Waals surface area contributed by atoms with Crippen LogP contribution in [-0.4, -0.2) is 48.7 Å². The molecule has 0 radical (unpaired) electrons. The summed E-state index contributed by atoms with van der Waals surface area (Å²) >= 11 is 0. The first-order chi connectivity index (χ1) is 9.50. The molecule has 2 heterocycles. The predicted octanol–water partition coefficient (Wildman–Crippen LogP) is 0.366. The number of hydrogen-bond acceptors (Lipinski definition) is 5. The maximum Gasteiger partial charge on any atom is 0.262 e. The van der Waals surface area contributed by atoms with Gasteiger partial charge in [-0.1, -0.05) is 0 Å². The lowest BCUT2D eigenvalue weighted by molar-refractivity contribution is 0.0289. The second-order valence-electron chi connectivity index (χ2n) is 4.90. The van der Waals surface area contributed by atoms with E-state index in [1.165, 1.54) is 4.31 Å². The SMILES string of the molecule is CCOC1CCN(S(=O)(=O)c2n[nH]c(C)c2CN)CC1. The summed E-state index contributed by atoms with van der Waals surface area (Å²) in [7, 11) is -3.57. The zero-order chi connectivity index (χ0) is 14.8. The van der Waals surface area contributed by atoms with Crippen molar-refractivity contribution in [2.45, 2.75) is 44.4 Å². The van der Waals surface area contributed by atoms with Crippen LogP contribution in [0.15, 0.2) is 5.03 Å². The van der Waals surface area contributed by atoms with Crippen LogP contribution in [0.4, 0.5) is 0 Å². The van der Waals surface area contributed by atoms with Crippen LogP contribution >= 0.6 is 0 Å². The minimum absolute atomic E-state index is 0.0624. The van der Waals surface area contributed by atoms with Gasteiger partial charge in [-0.2, -0.15) is 9.40 Å². The molecule has 8 heteroatoms. The number of nitrogens with zero attached hydrogens (tertiary/aromatic N) is 2. The van der Waals surface area contributed by atoms with Gasteiger partial charge in [-0.15, -0.1) is 0 Å². The molecule has 0 aromatic carbocycles. The Kier molecular flexibility index (Phi) is 4.79. The Morgan fingerprint density at radius 1 is 1.45 bits per heavy atom. The fourth-order valence-electron chi connectivity index (χ4n) is 2.48. The first-order valence-electron chi connectivity index (χ1n) is 6.86. The van der Waals surface area contributed by atoms with E-state index in [1.807, 2.05) is 6.92 Å². The van der Waals surface area contributed by atoms with Gasteiger partial charge in [0.1, 0.15) is 0 Å². The number of hydrogen-bond donors (Lipinski definition) is 2. The largest absolute Gasteiger partial charge is 0.378 e. The summed E-state index contributed by atoms with van der Waals surface area (Å²) in [5.41, 5.74) is 6.89. The number of aromatic amines is 1. The molecule has 2 rings (SSSR count). The van der Waals surface area contributed by atoms with Crippen molar-refractivity contribution in [1.29, 1.82) is 0 Å². The van der Waals surface area contributed by atoms with E-state index >= 15 is 0 Å². The van der Waals surface area contributed by atoms with Gasteiger partial charge in [-0.05, 0) is 26.7 Å². The van der Waals surface area contributed by atoms with E-state index in [-0.39, 0.29) is 17.7 Å². The smallest absolute Gasteiger partial charge is 0.262 e. The molecule has 1 aliphatic heterocycles. The summed E-state index contributed by atoms with van der Waals surface area (Å²) < 4.78 is 32.2. The minimum atomic E-state index is -3.57. The number of nitrogens with one attached hydrogen (secondary N) is 1. The third-order valence-corrected chi connectivity index (χ3v) is 5.50. The van der Waals surface area contributed by atoms with Crippen molar-refractivity contribution < 1.29 is 13.2 Å². The maximum absolute atomic E-state index is 12.6. The van der Waals surface area contributed by atoms with Crippen molar-refractivity contribution in [2.24, 2.45) is 5.73 Å². The molecule has 1 aromatic rings. The lowest BCUT2D eigenvalue weighted by atomic mass is 10.1. The van der Waals surface area contributed by atoms with Crippen molar-refractivity contribution >= 4 is 10.0 Å². The quantitative estimate of drug-likeness (QED) is 0.818. The van der Waals surface area contributed by atoms with E-state index in [0.717, 1.165) is 0 Å². The Morgan fingerprint density at radius 2 is 2.10 bits per heavy atom. The van der Waals surface area contributed by atoms with Gasteiger partial charge in [0.2, 0.25) is 0 Å². The van der Waals surface area contributed by atoms with Gasteiger partial charge < -0.3 is 10.5 Å². The Bertz CT molecular complexity index is 547. The lowest BCUT2D eigenvalue weighted by Crippen LogP contribution is -2.41. The number of nitrogens with two attached hydrogens (primary N) is 1. The van der Waals surface area contributed by atoms with Gasteiger partial charge in [0.05, 0.1) is 6.10 Å². The molecule has 3 N–H and O–H groups in total. The molecular formula is C12H22N4O3S. The highest BCUT2D eigenvalue weighted by molar-refractivity contribution is 7.89. The number of sulfonamides is 1. The molecule has 0 saturated carbocycles. The second-order valence-corrected chi connectivity index (χ2v) is 6.75. The highest BCUT2D eigenvalue weighted by atomic mass is 32.2. The predicted molar refractivity (Wildman–Crippen MR) is 74.6 cm³/mol. The standard InChI is InChI=1S/C12H22N4O3S/c1-3-19-10-4-6-16(7-5-10)20(17,18)12-11(8-13)9(2)14-15-12/h10H,3-8,13H2,1-2H3,(H,14,15). The van der Waals surface area contributed by atoms with Gasteiger partial charge in [0.15, 0.2) is 5.03 Å². The van der Waals surface area contributed by atoms with Crippen LogP contribution in [-0.2, 0) is 21.3 Å². The molecule has 114 valence electrons. The van der Waals surface area contributed by atoms with Crippen LogP contribution in [0.5, 0.6) is 0 Å². The van der Waals surface area contributed by atoms with Crippen molar-refractivity contribution in [2.75, 3.05) is 19.7 Å². The van der Waals surface area contributed by atoms with Crippen molar-refractivity contribution in [3.05, 3.63) is 11.3 Å². The van der Waals surface area contributed by atoms with Crippen LogP contribution < -0.4 is 5.73 Å². The molecule has 1 fully saturated rings. The van der Waals surface area contributed by atoms with E-state index in [1.54, 1.807) is 6.92 Å². The van der Waals surface area contributed by atoms with Gasteiger partial charge in [0, 0.05) is 37.5 Å². The monoisotopic (exact) mass is 302 g/mol. The van der Waals surface area contributed by atoms with Gasteiger partial charge in [-0.3, -0.25) is 5.10 Å². The Balaban J connectivity index is 2.15. The molecule has 1 aliphatic rings. The molecule has 7 nitrogen and oxygen atoms in total. The van der Waals surface area contributed by atoms with Crippen molar-refractivity contribution in [1.82, 2.24) is 14.5 Å². The molecule has 0 bridgehead atoms. The summed E-state index contributed by atoms with van der Waals surface area (Å²) in [6.07, 6.45) is 1.59. The third kappa shape index (κ3) is 2.88. The number of piperidine rings is 1. The molecule has 0 atom stereocenters. The molecular weight excluding hydrogens is 280 g/mol. The Labute approximate surface area is 119 Å². The highest BCUT2D eigenvalue weighted by Crippen LogP contribution is 2.24. The van der Waals surface area contributed by atoms with Crippen LogP contribution in [0.1, 0.15) is 31.0 Å². The summed E-state index contributed by atoms with van der Waals surface area (Å²) in [6.45, 7) is 5.46. The van der Waals surface area contributed by atoms with Crippen molar-refractivity contribution in [3.8, 4) is 0 Å². The normalized spacial score (nSPS) is 18.6.